The third-order valence-corrected chi connectivity index (χ3v) is 4.81. The molecule has 6 heteroatoms. The molecule has 5 nitrogen and oxygen atoms in total. The SMILES string of the molecule is Cc1ccc2c(c1)c(=O)c(-c1nc(-c3ccccc3Br)no1)cn2C. The quantitative estimate of drug-likeness (QED) is 0.506. The lowest BCUT2D eigenvalue weighted by atomic mass is 10.1. The van der Waals surface area contributed by atoms with Crippen LogP contribution in [-0.2, 0) is 7.05 Å². The molecule has 0 unspecified atom stereocenters. The van der Waals surface area contributed by atoms with Crippen LogP contribution in [0, 0.1) is 6.92 Å². The molecule has 124 valence electrons. The summed E-state index contributed by atoms with van der Waals surface area (Å²) in [6, 6.07) is 13.4. The van der Waals surface area contributed by atoms with Crippen molar-refractivity contribution < 1.29 is 4.52 Å². The minimum absolute atomic E-state index is 0.112. The van der Waals surface area contributed by atoms with Gasteiger partial charge in [0.2, 0.25) is 11.3 Å². The molecule has 2 heterocycles. The van der Waals surface area contributed by atoms with Gasteiger partial charge in [-0.05, 0) is 31.2 Å². The summed E-state index contributed by atoms with van der Waals surface area (Å²) in [4.78, 5) is 17.3. The summed E-state index contributed by atoms with van der Waals surface area (Å²) in [7, 11) is 1.89. The van der Waals surface area contributed by atoms with Crippen molar-refractivity contribution in [2.75, 3.05) is 0 Å². The van der Waals surface area contributed by atoms with Crippen LogP contribution in [0.1, 0.15) is 5.56 Å². The first-order valence-electron chi connectivity index (χ1n) is 7.73. The Morgan fingerprint density at radius 1 is 1.12 bits per heavy atom. The van der Waals surface area contributed by atoms with E-state index in [1.807, 2.05) is 61.0 Å². The standard InChI is InChI=1S/C19H14BrN3O2/c1-11-7-8-16-13(9-11)17(24)14(10-23(16)2)19-21-18(22-25-19)12-5-3-4-6-15(12)20/h3-10H,1-2H3. The smallest absolute Gasteiger partial charge is 0.263 e. The van der Waals surface area contributed by atoms with Gasteiger partial charge in [0.25, 0.3) is 5.89 Å². The molecule has 0 aliphatic carbocycles. The Hall–Kier alpha value is -2.73. The Morgan fingerprint density at radius 3 is 2.72 bits per heavy atom. The van der Waals surface area contributed by atoms with Crippen molar-refractivity contribution in [3.63, 3.8) is 0 Å². The number of benzene rings is 2. The highest BCUT2D eigenvalue weighted by Gasteiger charge is 2.17. The highest BCUT2D eigenvalue weighted by molar-refractivity contribution is 9.10. The minimum Gasteiger partial charge on any atom is -0.350 e. The van der Waals surface area contributed by atoms with Gasteiger partial charge < -0.3 is 9.09 Å². The van der Waals surface area contributed by atoms with Crippen LogP contribution in [0.15, 0.2) is 62.5 Å². The van der Waals surface area contributed by atoms with Crippen molar-refractivity contribution in [2.45, 2.75) is 6.92 Å². The van der Waals surface area contributed by atoms with Gasteiger partial charge in [-0.1, -0.05) is 44.8 Å². The second-order valence-electron chi connectivity index (χ2n) is 5.91. The predicted molar refractivity (Wildman–Crippen MR) is 100 cm³/mol. The van der Waals surface area contributed by atoms with Gasteiger partial charge >= 0.3 is 0 Å². The van der Waals surface area contributed by atoms with E-state index in [0.717, 1.165) is 21.1 Å². The van der Waals surface area contributed by atoms with E-state index in [2.05, 4.69) is 26.1 Å². The molecule has 0 saturated heterocycles. The van der Waals surface area contributed by atoms with Crippen LogP contribution in [0.5, 0.6) is 0 Å². The molecule has 2 aromatic carbocycles. The Morgan fingerprint density at radius 2 is 1.92 bits per heavy atom. The van der Waals surface area contributed by atoms with Crippen LogP contribution in [0.25, 0.3) is 33.7 Å². The number of pyridine rings is 1. The van der Waals surface area contributed by atoms with Gasteiger partial charge in [-0.2, -0.15) is 4.98 Å². The normalized spacial score (nSPS) is 11.2. The third-order valence-electron chi connectivity index (χ3n) is 4.12. The van der Waals surface area contributed by atoms with Crippen LogP contribution in [0.4, 0.5) is 0 Å². The molecule has 0 aliphatic heterocycles. The number of nitrogens with zero attached hydrogens (tertiary/aromatic N) is 3. The van der Waals surface area contributed by atoms with Crippen molar-refractivity contribution in [1.82, 2.24) is 14.7 Å². The number of hydrogen-bond donors (Lipinski definition) is 0. The summed E-state index contributed by atoms with van der Waals surface area (Å²) in [6.07, 6.45) is 1.73. The van der Waals surface area contributed by atoms with Crippen LogP contribution in [-0.4, -0.2) is 14.7 Å². The average Bonchev–Trinajstić information content (AvgIpc) is 3.08. The number of fused-ring (bicyclic) bond motifs is 1. The van der Waals surface area contributed by atoms with Crippen molar-refractivity contribution >= 4 is 26.8 Å². The molecule has 0 aliphatic rings. The molecular weight excluding hydrogens is 382 g/mol. The van der Waals surface area contributed by atoms with E-state index in [0.29, 0.717) is 16.8 Å². The maximum atomic E-state index is 12.9. The first kappa shape index (κ1) is 15.8. The molecule has 25 heavy (non-hydrogen) atoms. The predicted octanol–water partition coefficient (Wildman–Crippen LogP) is 4.33. The zero-order valence-corrected chi connectivity index (χ0v) is 15.2. The molecule has 0 saturated carbocycles. The summed E-state index contributed by atoms with van der Waals surface area (Å²) in [5.74, 6) is 0.656. The Kier molecular flexibility index (Phi) is 3.77. The summed E-state index contributed by atoms with van der Waals surface area (Å²) in [5.41, 5.74) is 2.99. The number of halogens is 1. The minimum atomic E-state index is -0.112. The van der Waals surface area contributed by atoms with Gasteiger partial charge in [0, 0.05) is 28.7 Å². The molecule has 0 radical (unpaired) electrons. The summed E-state index contributed by atoms with van der Waals surface area (Å²) >= 11 is 3.48. The first-order valence-corrected chi connectivity index (χ1v) is 8.53. The number of rotatable bonds is 2. The summed E-state index contributed by atoms with van der Waals surface area (Å²) in [6.45, 7) is 1.96. The van der Waals surface area contributed by atoms with E-state index in [4.69, 9.17) is 4.52 Å². The van der Waals surface area contributed by atoms with Crippen LogP contribution in [0.3, 0.4) is 0 Å². The van der Waals surface area contributed by atoms with Gasteiger partial charge in [0.1, 0.15) is 5.56 Å². The summed E-state index contributed by atoms with van der Waals surface area (Å²) < 4.78 is 8.14. The fourth-order valence-electron chi connectivity index (χ4n) is 2.84. The molecule has 0 atom stereocenters. The Bertz CT molecular complexity index is 1160. The highest BCUT2D eigenvalue weighted by Crippen LogP contribution is 2.27. The Labute approximate surface area is 152 Å². The zero-order valence-electron chi connectivity index (χ0n) is 13.7. The number of aromatic nitrogens is 3. The van der Waals surface area contributed by atoms with Gasteiger partial charge in [-0.25, -0.2) is 0 Å². The second kappa shape index (κ2) is 5.97. The van der Waals surface area contributed by atoms with E-state index in [9.17, 15) is 4.79 Å². The zero-order chi connectivity index (χ0) is 17.6. The molecule has 0 spiro atoms. The largest absolute Gasteiger partial charge is 0.350 e. The van der Waals surface area contributed by atoms with Gasteiger partial charge in [-0.15, -0.1) is 0 Å². The van der Waals surface area contributed by atoms with Gasteiger partial charge in [-0.3, -0.25) is 4.79 Å². The van der Waals surface area contributed by atoms with E-state index < -0.39 is 0 Å². The molecule has 0 amide bonds. The molecular formula is C19H14BrN3O2. The fraction of sp³-hybridized carbons (Fsp3) is 0.105. The lowest BCUT2D eigenvalue weighted by molar-refractivity contribution is 0.432. The lowest BCUT2D eigenvalue weighted by Gasteiger charge is -2.07. The molecule has 4 rings (SSSR count). The van der Waals surface area contributed by atoms with Crippen molar-refractivity contribution in [3.05, 3.63) is 68.9 Å². The monoisotopic (exact) mass is 395 g/mol. The maximum absolute atomic E-state index is 12.9. The van der Waals surface area contributed by atoms with E-state index in [1.165, 1.54) is 0 Å². The van der Waals surface area contributed by atoms with E-state index in [-0.39, 0.29) is 11.3 Å². The van der Waals surface area contributed by atoms with Gasteiger partial charge in [0.05, 0.1) is 5.52 Å². The van der Waals surface area contributed by atoms with Crippen LogP contribution < -0.4 is 5.43 Å². The first-order chi connectivity index (χ1) is 12.0. The molecule has 2 aromatic heterocycles. The van der Waals surface area contributed by atoms with Crippen LogP contribution >= 0.6 is 15.9 Å². The van der Waals surface area contributed by atoms with Gasteiger partial charge in [0.15, 0.2) is 0 Å². The summed E-state index contributed by atoms with van der Waals surface area (Å²) in [5, 5.41) is 4.67. The average molecular weight is 396 g/mol. The van der Waals surface area contributed by atoms with E-state index in [1.54, 1.807) is 6.20 Å². The molecule has 0 bridgehead atoms. The maximum Gasteiger partial charge on any atom is 0.263 e. The van der Waals surface area contributed by atoms with Crippen LogP contribution in [0.2, 0.25) is 0 Å². The third kappa shape index (κ3) is 2.68. The van der Waals surface area contributed by atoms with Crippen molar-refractivity contribution in [1.29, 1.82) is 0 Å². The fourth-order valence-corrected chi connectivity index (χ4v) is 3.31. The number of hydrogen-bond acceptors (Lipinski definition) is 4. The lowest BCUT2D eigenvalue weighted by Crippen LogP contribution is -2.10. The number of aryl methyl sites for hydroxylation is 2. The molecule has 0 fully saturated rings. The molecule has 0 N–H and O–H groups in total. The van der Waals surface area contributed by atoms with Crippen molar-refractivity contribution in [2.24, 2.45) is 7.05 Å². The second-order valence-corrected chi connectivity index (χ2v) is 6.76. The van der Waals surface area contributed by atoms with E-state index >= 15 is 0 Å². The molecule has 4 aromatic rings. The van der Waals surface area contributed by atoms with Crippen molar-refractivity contribution in [3.8, 4) is 22.8 Å². The topological polar surface area (TPSA) is 60.9 Å². The highest BCUT2D eigenvalue weighted by atomic mass is 79.9. The Balaban J connectivity index is 1.90.